The van der Waals surface area contributed by atoms with E-state index in [1.807, 2.05) is 24.3 Å². The maximum atomic E-state index is 11.4. The first-order chi connectivity index (χ1) is 8.42. The average molecular weight is 290 g/mol. The molecule has 0 saturated carbocycles. The molecule has 0 heterocycles. The molecule has 0 spiro atoms. The van der Waals surface area contributed by atoms with Gasteiger partial charge in [0.05, 0.1) is 5.75 Å². The van der Waals surface area contributed by atoms with Crippen LogP contribution in [0.25, 0.3) is 0 Å². The molecule has 0 aliphatic heterocycles. The second-order valence-electron chi connectivity index (χ2n) is 4.54. The fourth-order valence-corrected chi connectivity index (χ4v) is 3.01. The lowest BCUT2D eigenvalue weighted by Gasteiger charge is -2.18. The maximum absolute atomic E-state index is 11.4. The number of halogens is 1. The molecule has 3 nitrogen and oxygen atoms in total. The van der Waals surface area contributed by atoms with E-state index in [1.165, 1.54) is 6.26 Å². The van der Waals surface area contributed by atoms with Crippen LogP contribution in [0.5, 0.6) is 0 Å². The molecule has 0 bridgehead atoms. The van der Waals surface area contributed by atoms with Gasteiger partial charge in [0.25, 0.3) is 0 Å². The van der Waals surface area contributed by atoms with Gasteiger partial charge in [0.2, 0.25) is 0 Å². The van der Waals surface area contributed by atoms with Gasteiger partial charge in [-0.1, -0.05) is 36.7 Å². The summed E-state index contributed by atoms with van der Waals surface area (Å²) in [6, 6.07) is 7.47. The number of hydrogen-bond donors (Lipinski definition) is 1. The second-order valence-corrected chi connectivity index (χ2v) is 7.13. The highest BCUT2D eigenvalue weighted by Gasteiger charge is 2.16. The van der Waals surface area contributed by atoms with Crippen molar-refractivity contribution in [3.63, 3.8) is 0 Å². The van der Waals surface area contributed by atoms with E-state index in [0.29, 0.717) is 11.4 Å². The van der Waals surface area contributed by atoms with Gasteiger partial charge in [0.1, 0.15) is 9.84 Å². The third-order valence-corrected chi connectivity index (χ3v) is 3.99. The van der Waals surface area contributed by atoms with Crippen molar-refractivity contribution in [2.24, 2.45) is 0 Å². The van der Waals surface area contributed by atoms with Crippen molar-refractivity contribution >= 4 is 21.4 Å². The molecule has 0 radical (unpaired) electrons. The summed E-state index contributed by atoms with van der Waals surface area (Å²) < 4.78 is 22.8. The van der Waals surface area contributed by atoms with E-state index in [1.54, 1.807) is 0 Å². The first-order valence-corrected chi connectivity index (χ1v) is 8.50. The van der Waals surface area contributed by atoms with Crippen molar-refractivity contribution in [1.82, 2.24) is 5.32 Å². The Hall–Kier alpha value is -0.580. The summed E-state index contributed by atoms with van der Waals surface area (Å²) in [4.78, 5) is 0. The molecule has 1 aromatic carbocycles. The fraction of sp³-hybridized carbons (Fsp3) is 0.538. The molecule has 0 aliphatic rings. The predicted molar refractivity (Wildman–Crippen MR) is 76.9 cm³/mol. The number of sulfone groups is 1. The van der Waals surface area contributed by atoms with Crippen LogP contribution in [0.15, 0.2) is 24.3 Å². The van der Waals surface area contributed by atoms with E-state index >= 15 is 0 Å². The molecule has 5 heteroatoms. The molecular weight excluding hydrogens is 270 g/mol. The van der Waals surface area contributed by atoms with Gasteiger partial charge in [-0.2, -0.15) is 0 Å². The van der Waals surface area contributed by atoms with Crippen LogP contribution < -0.4 is 5.32 Å². The first-order valence-electron chi connectivity index (χ1n) is 6.07. The molecule has 0 saturated heterocycles. The number of benzene rings is 1. The van der Waals surface area contributed by atoms with Crippen LogP contribution in [0.3, 0.4) is 0 Å². The molecule has 0 aliphatic carbocycles. The van der Waals surface area contributed by atoms with Crippen LogP contribution in [0.4, 0.5) is 0 Å². The van der Waals surface area contributed by atoms with E-state index in [0.717, 1.165) is 18.5 Å². The van der Waals surface area contributed by atoms with Gasteiger partial charge in [-0.05, 0) is 31.0 Å². The summed E-state index contributed by atoms with van der Waals surface area (Å²) in [7, 11) is -2.99. The summed E-state index contributed by atoms with van der Waals surface area (Å²) in [6.45, 7) is 2.87. The highest BCUT2D eigenvalue weighted by molar-refractivity contribution is 7.90. The van der Waals surface area contributed by atoms with Gasteiger partial charge in [-0.15, -0.1) is 0 Å². The van der Waals surface area contributed by atoms with Gasteiger partial charge in [-0.3, -0.25) is 0 Å². The molecule has 1 unspecified atom stereocenters. The standard InChI is InChI=1S/C13H20ClNO2S/c1-3-8-15-12(10-18(2,16)17)9-11-6-4-5-7-13(11)14/h4-7,12,15H,3,8-10H2,1-2H3. The highest BCUT2D eigenvalue weighted by Crippen LogP contribution is 2.17. The van der Waals surface area contributed by atoms with Crippen LogP contribution in [-0.4, -0.2) is 33.0 Å². The Morgan fingerprint density at radius 3 is 2.56 bits per heavy atom. The van der Waals surface area contributed by atoms with E-state index in [9.17, 15) is 8.42 Å². The Morgan fingerprint density at radius 1 is 1.33 bits per heavy atom. The lowest BCUT2D eigenvalue weighted by molar-refractivity contribution is 0.530. The number of rotatable bonds is 7. The van der Waals surface area contributed by atoms with E-state index in [2.05, 4.69) is 12.2 Å². The van der Waals surface area contributed by atoms with E-state index in [-0.39, 0.29) is 11.8 Å². The van der Waals surface area contributed by atoms with Crippen LogP contribution in [-0.2, 0) is 16.3 Å². The maximum Gasteiger partial charge on any atom is 0.148 e. The first kappa shape index (κ1) is 15.5. The van der Waals surface area contributed by atoms with Crippen LogP contribution >= 0.6 is 11.6 Å². The van der Waals surface area contributed by atoms with E-state index in [4.69, 9.17) is 11.6 Å². The molecule has 1 atom stereocenters. The van der Waals surface area contributed by atoms with Gasteiger partial charge < -0.3 is 5.32 Å². The molecule has 102 valence electrons. The van der Waals surface area contributed by atoms with Crippen molar-refractivity contribution in [1.29, 1.82) is 0 Å². The molecule has 1 aromatic rings. The van der Waals surface area contributed by atoms with Gasteiger partial charge in [0.15, 0.2) is 0 Å². The van der Waals surface area contributed by atoms with Crippen molar-refractivity contribution in [2.75, 3.05) is 18.6 Å². The predicted octanol–water partition coefficient (Wildman–Crippen LogP) is 2.30. The third-order valence-electron chi connectivity index (χ3n) is 2.61. The van der Waals surface area contributed by atoms with Crippen molar-refractivity contribution < 1.29 is 8.42 Å². The summed E-state index contributed by atoms with van der Waals surface area (Å²) in [5, 5.41) is 3.95. The number of nitrogens with one attached hydrogen (secondary N) is 1. The lowest BCUT2D eigenvalue weighted by Crippen LogP contribution is -2.37. The third kappa shape index (κ3) is 5.85. The number of hydrogen-bond acceptors (Lipinski definition) is 3. The van der Waals surface area contributed by atoms with Crippen molar-refractivity contribution in [2.45, 2.75) is 25.8 Å². The monoisotopic (exact) mass is 289 g/mol. The highest BCUT2D eigenvalue weighted by atomic mass is 35.5. The molecule has 0 aromatic heterocycles. The van der Waals surface area contributed by atoms with Crippen LogP contribution in [0, 0.1) is 0 Å². The minimum Gasteiger partial charge on any atom is -0.313 e. The smallest absolute Gasteiger partial charge is 0.148 e. The van der Waals surface area contributed by atoms with Crippen molar-refractivity contribution in [3.8, 4) is 0 Å². The zero-order valence-corrected chi connectivity index (χ0v) is 12.4. The quantitative estimate of drug-likeness (QED) is 0.838. The van der Waals surface area contributed by atoms with E-state index < -0.39 is 9.84 Å². The Balaban J connectivity index is 2.75. The van der Waals surface area contributed by atoms with Gasteiger partial charge in [0, 0.05) is 17.3 Å². The van der Waals surface area contributed by atoms with Crippen LogP contribution in [0.2, 0.25) is 5.02 Å². The minimum atomic E-state index is -2.99. The Kier molecular flexibility index (Phi) is 6.12. The SMILES string of the molecule is CCCNC(Cc1ccccc1Cl)CS(C)(=O)=O. The van der Waals surface area contributed by atoms with Crippen LogP contribution in [0.1, 0.15) is 18.9 Å². The fourth-order valence-electron chi connectivity index (χ4n) is 1.83. The molecular formula is C13H20ClNO2S. The Bertz CT molecular complexity index is 474. The molecule has 0 amide bonds. The molecule has 0 fully saturated rings. The lowest BCUT2D eigenvalue weighted by atomic mass is 10.1. The van der Waals surface area contributed by atoms with Crippen molar-refractivity contribution in [3.05, 3.63) is 34.9 Å². The average Bonchev–Trinajstić information content (AvgIpc) is 2.27. The largest absolute Gasteiger partial charge is 0.313 e. The minimum absolute atomic E-state index is 0.0835. The zero-order chi connectivity index (χ0) is 13.6. The van der Waals surface area contributed by atoms with Gasteiger partial charge >= 0.3 is 0 Å². The molecule has 18 heavy (non-hydrogen) atoms. The summed E-state index contributed by atoms with van der Waals surface area (Å²) in [5.74, 6) is 0.137. The summed E-state index contributed by atoms with van der Waals surface area (Å²) in [5.41, 5.74) is 0.983. The Morgan fingerprint density at radius 2 is 2.00 bits per heavy atom. The second kappa shape index (κ2) is 7.12. The summed E-state index contributed by atoms with van der Waals surface area (Å²) in [6.07, 6.45) is 2.87. The topological polar surface area (TPSA) is 46.2 Å². The normalized spacial score (nSPS) is 13.5. The molecule has 1 N–H and O–H groups in total. The Labute approximate surface area is 114 Å². The van der Waals surface area contributed by atoms with Gasteiger partial charge in [-0.25, -0.2) is 8.42 Å². The summed E-state index contributed by atoms with van der Waals surface area (Å²) >= 11 is 6.10. The zero-order valence-electron chi connectivity index (χ0n) is 10.8. The molecule has 1 rings (SSSR count).